The Morgan fingerprint density at radius 1 is 1.23 bits per heavy atom. The number of carbonyl (C=O) groups is 1. The number of imidazole rings is 1. The minimum atomic E-state index is -0.168. The first kappa shape index (κ1) is 18.5. The van der Waals surface area contributed by atoms with Crippen molar-refractivity contribution < 1.29 is 4.79 Å². The maximum Gasteiger partial charge on any atom is 0.250 e. The second-order valence-corrected chi connectivity index (χ2v) is 7.03. The van der Waals surface area contributed by atoms with Crippen LogP contribution in [0.1, 0.15) is 19.4 Å². The van der Waals surface area contributed by atoms with Crippen molar-refractivity contribution >= 4 is 46.0 Å². The third-order valence-electron chi connectivity index (χ3n) is 3.88. The number of aryl methyl sites for hydroxylation is 1. The molecule has 134 valence electrons. The molecule has 1 N–H and O–H groups in total. The molecule has 1 amide bonds. The highest BCUT2D eigenvalue weighted by molar-refractivity contribution is 7.99. The van der Waals surface area contributed by atoms with E-state index in [9.17, 15) is 4.79 Å². The van der Waals surface area contributed by atoms with E-state index in [2.05, 4.69) is 27.0 Å². The third-order valence-corrected chi connectivity index (χ3v) is 5.11. The molecule has 0 unspecified atom stereocenters. The summed E-state index contributed by atoms with van der Waals surface area (Å²) in [7, 11) is 0. The molecule has 0 aliphatic rings. The Morgan fingerprint density at radius 3 is 2.69 bits per heavy atom. The Kier molecular flexibility index (Phi) is 5.96. The van der Waals surface area contributed by atoms with E-state index in [4.69, 9.17) is 11.6 Å². The first-order chi connectivity index (χ1) is 12.6. The van der Waals surface area contributed by atoms with Gasteiger partial charge >= 0.3 is 0 Å². The molecule has 0 aliphatic carbocycles. The molecular formula is C19H19ClN4OS. The molecule has 0 radical (unpaired) electrons. The number of halogens is 1. The summed E-state index contributed by atoms with van der Waals surface area (Å²) in [6, 6.07) is 15.3. The van der Waals surface area contributed by atoms with Crippen LogP contribution in [0.15, 0.2) is 58.8 Å². The summed E-state index contributed by atoms with van der Waals surface area (Å²) >= 11 is 7.29. The zero-order valence-electron chi connectivity index (χ0n) is 14.6. The number of hydrazone groups is 1. The summed E-state index contributed by atoms with van der Waals surface area (Å²) in [6.45, 7) is 4.71. The number of nitrogens with zero attached hydrogens (tertiary/aromatic N) is 3. The van der Waals surface area contributed by atoms with Gasteiger partial charge in [0.15, 0.2) is 5.16 Å². The van der Waals surface area contributed by atoms with Crippen molar-refractivity contribution in [2.75, 3.05) is 5.75 Å². The zero-order chi connectivity index (χ0) is 18.5. The van der Waals surface area contributed by atoms with Gasteiger partial charge in [0.1, 0.15) is 0 Å². The SMILES string of the molecule is CCn1c(SCC(=O)N/N=C(/C)c2ccc(Cl)cc2)nc2ccccc21. The topological polar surface area (TPSA) is 59.3 Å². The van der Waals surface area contributed by atoms with Gasteiger partial charge in [0.25, 0.3) is 5.91 Å². The number of hydrogen-bond donors (Lipinski definition) is 1. The van der Waals surface area contributed by atoms with Gasteiger partial charge in [-0.2, -0.15) is 5.10 Å². The Balaban J connectivity index is 1.62. The van der Waals surface area contributed by atoms with E-state index in [1.165, 1.54) is 11.8 Å². The number of rotatable bonds is 6. The molecular weight excluding hydrogens is 368 g/mol. The summed E-state index contributed by atoms with van der Waals surface area (Å²) in [5, 5.41) is 5.66. The highest BCUT2D eigenvalue weighted by Crippen LogP contribution is 2.23. The fourth-order valence-corrected chi connectivity index (χ4v) is 3.53. The standard InChI is InChI=1S/C19H19ClN4OS/c1-3-24-17-7-5-4-6-16(17)21-19(24)26-12-18(25)23-22-13(2)14-8-10-15(20)11-9-14/h4-11H,3,12H2,1-2H3,(H,23,25)/b22-13-. The van der Waals surface area contributed by atoms with Crippen LogP contribution in [0.25, 0.3) is 11.0 Å². The first-order valence-electron chi connectivity index (χ1n) is 8.25. The van der Waals surface area contributed by atoms with Gasteiger partial charge in [-0.3, -0.25) is 4.79 Å². The van der Waals surface area contributed by atoms with Crippen molar-refractivity contribution in [2.45, 2.75) is 25.5 Å². The van der Waals surface area contributed by atoms with Crippen LogP contribution in [-0.2, 0) is 11.3 Å². The van der Waals surface area contributed by atoms with Crippen molar-refractivity contribution in [3.05, 3.63) is 59.1 Å². The quantitative estimate of drug-likeness (QED) is 0.389. The highest BCUT2D eigenvalue weighted by atomic mass is 35.5. The average molecular weight is 387 g/mol. The van der Waals surface area contributed by atoms with E-state index >= 15 is 0 Å². The highest BCUT2D eigenvalue weighted by Gasteiger charge is 2.11. The average Bonchev–Trinajstić information content (AvgIpc) is 3.02. The van der Waals surface area contributed by atoms with E-state index in [0.29, 0.717) is 5.02 Å². The lowest BCUT2D eigenvalue weighted by Crippen LogP contribution is -2.21. The van der Waals surface area contributed by atoms with Gasteiger partial charge in [0, 0.05) is 11.6 Å². The van der Waals surface area contributed by atoms with Crippen LogP contribution in [0.5, 0.6) is 0 Å². The number of aromatic nitrogens is 2. The molecule has 0 fully saturated rings. The summed E-state index contributed by atoms with van der Waals surface area (Å²) in [5.41, 5.74) is 6.25. The van der Waals surface area contributed by atoms with Crippen molar-refractivity contribution in [1.82, 2.24) is 15.0 Å². The van der Waals surface area contributed by atoms with Gasteiger partial charge in [0.2, 0.25) is 0 Å². The van der Waals surface area contributed by atoms with Crippen molar-refractivity contribution in [1.29, 1.82) is 0 Å². The predicted octanol–water partition coefficient (Wildman–Crippen LogP) is 4.34. The molecule has 1 aromatic heterocycles. The van der Waals surface area contributed by atoms with E-state index < -0.39 is 0 Å². The molecule has 26 heavy (non-hydrogen) atoms. The molecule has 3 aromatic rings. The Hall–Kier alpha value is -2.31. The third kappa shape index (κ3) is 4.26. The van der Waals surface area contributed by atoms with E-state index in [1.54, 1.807) is 12.1 Å². The molecule has 0 spiro atoms. The fourth-order valence-electron chi connectivity index (χ4n) is 2.53. The lowest BCUT2D eigenvalue weighted by Gasteiger charge is -2.05. The maximum absolute atomic E-state index is 12.1. The van der Waals surface area contributed by atoms with Gasteiger partial charge in [-0.05, 0) is 43.7 Å². The first-order valence-corrected chi connectivity index (χ1v) is 9.62. The molecule has 0 saturated heterocycles. The molecule has 0 aliphatic heterocycles. The second kappa shape index (κ2) is 8.38. The van der Waals surface area contributed by atoms with Gasteiger partial charge in [-0.25, -0.2) is 10.4 Å². The molecule has 2 aromatic carbocycles. The smallest absolute Gasteiger partial charge is 0.250 e. The second-order valence-electron chi connectivity index (χ2n) is 5.66. The van der Waals surface area contributed by atoms with Gasteiger partial charge < -0.3 is 4.57 Å². The van der Waals surface area contributed by atoms with Crippen molar-refractivity contribution in [3.8, 4) is 0 Å². The number of amides is 1. The van der Waals surface area contributed by atoms with Crippen LogP contribution in [0, 0.1) is 0 Å². The molecule has 0 saturated carbocycles. The number of hydrogen-bond acceptors (Lipinski definition) is 4. The van der Waals surface area contributed by atoms with Crippen LogP contribution in [-0.4, -0.2) is 26.9 Å². The van der Waals surface area contributed by atoms with Crippen LogP contribution >= 0.6 is 23.4 Å². The number of nitrogens with one attached hydrogen (secondary N) is 1. The minimum Gasteiger partial charge on any atom is -0.319 e. The predicted molar refractivity (Wildman–Crippen MR) is 108 cm³/mol. The minimum absolute atomic E-state index is 0.168. The maximum atomic E-state index is 12.1. The normalized spacial score (nSPS) is 11.7. The van der Waals surface area contributed by atoms with Gasteiger partial charge in [0.05, 0.1) is 22.5 Å². The largest absolute Gasteiger partial charge is 0.319 e. The van der Waals surface area contributed by atoms with E-state index in [1.807, 2.05) is 43.3 Å². The zero-order valence-corrected chi connectivity index (χ0v) is 16.1. The Bertz CT molecular complexity index is 950. The summed E-state index contributed by atoms with van der Waals surface area (Å²) in [6.07, 6.45) is 0. The number of para-hydroxylation sites is 2. The molecule has 7 heteroatoms. The molecule has 1 heterocycles. The van der Waals surface area contributed by atoms with Gasteiger partial charge in [-0.1, -0.05) is 47.6 Å². The number of fused-ring (bicyclic) bond motifs is 1. The number of benzene rings is 2. The Labute approximate surface area is 161 Å². The molecule has 3 rings (SSSR count). The van der Waals surface area contributed by atoms with Crippen LogP contribution < -0.4 is 5.43 Å². The van der Waals surface area contributed by atoms with E-state index in [-0.39, 0.29) is 11.7 Å². The molecule has 0 bridgehead atoms. The van der Waals surface area contributed by atoms with Crippen molar-refractivity contribution in [3.63, 3.8) is 0 Å². The monoisotopic (exact) mass is 386 g/mol. The van der Waals surface area contributed by atoms with Gasteiger partial charge in [-0.15, -0.1) is 0 Å². The molecule has 0 atom stereocenters. The summed E-state index contributed by atoms with van der Waals surface area (Å²) < 4.78 is 2.11. The van der Waals surface area contributed by atoms with Crippen LogP contribution in [0.2, 0.25) is 5.02 Å². The summed E-state index contributed by atoms with van der Waals surface area (Å²) in [5.74, 6) is 0.0822. The number of thioether (sulfide) groups is 1. The molecule has 5 nitrogen and oxygen atoms in total. The van der Waals surface area contributed by atoms with Crippen molar-refractivity contribution in [2.24, 2.45) is 5.10 Å². The Morgan fingerprint density at radius 2 is 1.96 bits per heavy atom. The lowest BCUT2D eigenvalue weighted by molar-refractivity contribution is -0.118. The van der Waals surface area contributed by atoms with E-state index in [0.717, 1.165) is 34.0 Å². The van der Waals surface area contributed by atoms with Crippen LogP contribution in [0.4, 0.5) is 0 Å². The number of carbonyl (C=O) groups excluding carboxylic acids is 1. The fraction of sp³-hybridized carbons (Fsp3) is 0.211. The van der Waals surface area contributed by atoms with Crippen LogP contribution in [0.3, 0.4) is 0 Å². The lowest BCUT2D eigenvalue weighted by atomic mass is 10.1. The summed E-state index contributed by atoms with van der Waals surface area (Å²) in [4.78, 5) is 16.7.